The van der Waals surface area contributed by atoms with E-state index in [9.17, 15) is 9.59 Å². The van der Waals surface area contributed by atoms with Crippen molar-refractivity contribution in [1.82, 2.24) is 4.90 Å². The van der Waals surface area contributed by atoms with Gasteiger partial charge in [0.15, 0.2) is 0 Å². The molecule has 0 aliphatic carbocycles. The Bertz CT molecular complexity index is 488. The third-order valence-corrected chi connectivity index (χ3v) is 2.49. The lowest BCUT2D eigenvalue weighted by Crippen LogP contribution is -2.37. The number of methoxy groups -OCH3 is 1. The molecule has 0 saturated carbocycles. The second-order valence-electron chi connectivity index (χ2n) is 4.10. The molecule has 1 rings (SSSR count). The summed E-state index contributed by atoms with van der Waals surface area (Å²) < 4.78 is 5.12. The Morgan fingerprint density at radius 1 is 1.40 bits per heavy atom. The molecular weight excluding hydrogens is 260 g/mol. The summed E-state index contributed by atoms with van der Waals surface area (Å²) in [6.45, 7) is 3.62. The highest BCUT2D eigenvalue weighted by Gasteiger charge is 2.14. The molecule has 1 aromatic rings. The fourth-order valence-corrected chi connectivity index (χ4v) is 1.70. The Balaban J connectivity index is 2.65. The van der Waals surface area contributed by atoms with Gasteiger partial charge < -0.3 is 15.2 Å². The molecule has 0 spiro atoms. The van der Waals surface area contributed by atoms with Crippen LogP contribution in [-0.4, -0.2) is 48.6 Å². The van der Waals surface area contributed by atoms with E-state index in [-0.39, 0.29) is 19.0 Å². The van der Waals surface area contributed by atoms with Crippen LogP contribution in [0.3, 0.4) is 0 Å². The number of nitrogens with one attached hydrogen (secondary N) is 1. The lowest BCUT2D eigenvalue weighted by atomic mass is 10.3. The molecule has 6 heteroatoms. The zero-order valence-corrected chi connectivity index (χ0v) is 11.3. The largest absolute Gasteiger partial charge is 0.495 e. The van der Waals surface area contributed by atoms with Crippen LogP contribution in [0.1, 0.15) is 0 Å². The normalized spacial score (nSPS) is 10.1. The number of nitrogens with zero attached hydrogens (tertiary/aromatic N) is 1. The predicted octanol–water partition coefficient (Wildman–Crippen LogP) is 1.21. The Morgan fingerprint density at radius 2 is 2.10 bits per heavy atom. The molecule has 0 atom stereocenters. The van der Waals surface area contributed by atoms with E-state index in [1.54, 1.807) is 30.3 Å². The number of carbonyl (C=O) groups excluding carboxylic acids is 1. The van der Waals surface area contributed by atoms with E-state index in [0.717, 1.165) is 0 Å². The van der Waals surface area contributed by atoms with E-state index in [1.165, 1.54) is 12.0 Å². The van der Waals surface area contributed by atoms with Gasteiger partial charge in [-0.2, -0.15) is 0 Å². The SMILES string of the molecule is C=CCN(CC(=O)O)CC(=O)Nc1ccccc1OC. The molecule has 6 nitrogen and oxygen atoms in total. The third kappa shape index (κ3) is 5.11. The molecule has 2 N–H and O–H groups in total. The second kappa shape index (κ2) is 7.96. The predicted molar refractivity (Wildman–Crippen MR) is 75.9 cm³/mol. The van der Waals surface area contributed by atoms with Gasteiger partial charge in [-0.3, -0.25) is 14.5 Å². The topological polar surface area (TPSA) is 78.9 Å². The van der Waals surface area contributed by atoms with Crippen molar-refractivity contribution in [3.8, 4) is 5.75 Å². The van der Waals surface area contributed by atoms with Crippen LogP contribution in [0.4, 0.5) is 5.69 Å². The molecule has 0 fully saturated rings. The van der Waals surface area contributed by atoms with Gasteiger partial charge in [0, 0.05) is 6.54 Å². The van der Waals surface area contributed by atoms with Gasteiger partial charge in [0.2, 0.25) is 5.91 Å². The first-order chi connectivity index (χ1) is 9.56. The van der Waals surface area contributed by atoms with E-state index < -0.39 is 5.97 Å². The number of carbonyl (C=O) groups is 2. The number of hydrogen-bond donors (Lipinski definition) is 2. The number of benzene rings is 1. The van der Waals surface area contributed by atoms with Crippen LogP contribution >= 0.6 is 0 Å². The van der Waals surface area contributed by atoms with Crippen LogP contribution < -0.4 is 10.1 Å². The average molecular weight is 278 g/mol. The number of rotatable bonds is 8. The summed E-state index contributed by atoms with van der Waals surface area (Å²) in [4.78, 5) is 24.1. The molecule has 1 amide bonds. The second-order valence-corrected chi connectivity index (χ2v) is 4.10. The average Bonchev–Trinajstić information content (AvgIpc) is 2.38. The van der Waals surface area contributed by atoms with Crippen molar-refractivity contribution >= 4 is 17.6 Å². The standard InChI is InChI=1S/C14H18N2O4/c1-3-8-16(10-14(18)19)9-13(17)15-11-6-4-5-7-12(11)20-2/h3-7H,1,8-10H2,2H3,(H,15,17)(H,18,19). The minimum absolute atomic E-state index is 0.0314. The van der Waals surface area contributed by atoms with Crippen molar-refractivity contribution in [2.45, 2.75) is 0 Å². The number of ether oxygens (including phenoxy) is 1. The Morgan fingerprint density at radius 3 is 2.70 bits per heavy atom. The summed E-state index contributed by atoms with van der Waals surface area (Å²) in [5.74, 6) is -0.746. The molecule has 20 heavy (non-hydrogen) atoms. The number of carboxylic acid groups (broad SMARTS) is 1. The van der Waals surface area contributed by atoms with Gasteiger partial charge in [0.25, 0.3) is 0 Å². The maximum absolute atomic E-state index is 11.9. The van der Waals surface area contributed by atoms with Crippen molar-refractivity contribution in [2.75, 3.05) is 32.1 Å². The van der Waals surface area contributed by atoms with Crippen LogP contribution in [0.15, 0.2) is 36.9 Å². The number of aliphatic carboxylic acids is 1. The maximum atomic E-state index is 11.9. The van der Waals surface area contributed by atoms with Gasteiger partial charge in [-0.15, -0.1) is 6.58 Å². The van der Waals surface area contributed by atoms with Gasteiger partial charge in [0.1, 0.15) is 5.75 Å². The maximum Gasteiger partial charge on any atom is 0.317 e. The van der Waals surface area contributed by atoms with Crippen molar-refractivity contribution in [3.63, 3.8) is 0 Å². The minimum atomic E-state index is -0.989. The Hall–Kier alpha value is -2.34. The molecule has 0 bridgehead atoms. The first kappa shape index (κ1) is 15.7. The quantitative estimate of drug-likeness (QED) is 0.699. The molecule has 0 heterocycles. The molecule has 0 radical (unpaired) electrons. The highest BCUT2D eigenvalue weighted by molar-refractivity contribution is 5.93. The van der Waals surface area contributed by atoms with Gasteiger partial charge >= 0.3 is 5.97 Å². The summed E-state index contributed by atoms with van der Waals surface area (Å²) in [7, 11) is 1.51. The lowest BCUT2D eigenvalue weighted by molar-refractivity contribution is -0.138. The lowest BCUT2D eigenvalue weighted by Gasteiger charge is -2.18. The summed E-state index contributed by atoms with van der Waals surface area (Å²) >= 11 is 0. The van der Waals surface area contributed by atoms with E-state index in [1.807, 2.05) is 0 Å². The van der Waals surface area contributed by atoms with Crippen LogP contribution in [0.2, 0.25) is 0 Å². The molecule has 0 aliphatic rings. The third-order valence-electron chi connectivity index (χ3n) is 2.49. The van der Waals surface area contributed by atoms with Gasteiger partial charge in [-0.1, -0.05) is 18.2 Å². The fraction of sp³-hybridized carbons (Fsp3) is 0.286. The smallest absolute Gasteiger partial charge is 0.317 e. The molecule has 0 saturated heterocycles. The van der Waals surface area contributed by atoms with E-state index >= 15 is 0 Å². The number of amides is 1. The van der Waals surface area contributed by atoms with Crippen LogP contribution in [-0.2, 0) is 9.59 Å². The van der Waals surface area contributed by atoms with Gasteiger partial charge in [0.05, 0.1) is 25.9 Å². The van der Waals surface area contributed by atoms with Crippen LogP contribution in [0, 0.1) is 0 Å². The number of para-hydroxylation sites is 2. The molecule has 108 valence electrons. The Kier molecular flexibility index (Phi) is 6.25. The first-order valence-corrected chi connectivity index (χ1v) is 6.04. The zero-order chi connectivity index (χ0) is 15.0. The summed E-state index contributed by atoms with van der Waals surface area (Å²) in [6, 6.07) is 7.01. The van der Waals surface area contributed by atoms with Crippen molar-refractivity contribution in [1.29, 1.82) is 0 Å². The van der Waals surface area contributed by atoms with Gasteiger partial charge in [-0.05, 0) is 12.1 Å². The van der Waals surface area contributed by atoms with Crippen molar-refractivity contribution in [3.05, 3.63) is 36.9 Å². The molecule has 0 aromatic heterocycles. The van der Waals surface area contributed by atoms with Crippen molar-refractivity contribution in [2.24, 2.45) is 0 Å². The van der Waals surface area contributed by atoms with Crippen LogP contribution in [0.5, 0.6) is 5.75 Å². The zero-order valence-electron chi connectivity index (χ0n) is 11.3. The number of carboxylic acids is 1. The molecular formula is C14H18N2O4. The minimum Gasteiger partial charge on any atom is -0.495 e. The highest BCUT2D eigenvalue weighted by Crippen LogP contribution is 2.22. The van der Waals surface area contributed by atoms with E-state index in [0.29, 0.717) is 18.0 Å². The molecule has 0 aliphatic heterocycles. The van der Waals surface area contributed by atoms with Crippen LogP contribution in [0.25, 0.3) is 0 Å². The van der Waals surface area contributed by atoms with E-state index in [4.69, 9.17) is 9.84 Å². The number of anilines is 1. The molecule has 0 unspecified atom stereocenters. The molecule has 1 aromatic carbocycles. The number of hydrogen-bond acceptors (Lipinski definition) is 4. The summed E-state index contributed by atoms with van der Waals surface area (Å²) in [5, 5.41) is 11.5. The van der Waals surface area contributed by atoms with Gasteiger partial charge in [-0.25, -0.2) is 0 Å². The highest BCUT2D eigenvalue weighted by atomic mass is 16.5. The Labute approximate surface area is 117 Å². The van der Waals surface area contributed by atoms with E-state index in [2.05, 4.69) is 11.9 Å². The summed E-state index contributed by atoms with van der Waals surface area (Å²) in [6.07, 6.45) is 1.55. The fourth-order valence-electron chi connectivity index (χ4n) is 1.70. The monoisotopic (exact) mass is 278 g/mol. The van der Waals surface area contributed by atoms with Crippen molar-refractivity contribution < 1.29 is 19.4 Å². The first-order valence-electron chi connectivity index (χ1n) is 6.04. The summed E-state index contributed by atoms with van der Waals surface area (Å²) in [5.41, 5.74) is 0.550.